The zero-order valence-corrected chi connectivity index (χ0v) is 26.6. The number of nitrogens with one attached hydrogen (secondary N) is 2. The van der Waals surface area contributed by atoms with Gasteiger partial charge in [-0.15, -0.1) is 0 Å². The van der Waals surface area contributed by atoms with Crippen molar-refractivity contribution < 1.29 is 23.1 Å². The minimum absolute atomic E-state index is 0.0243. The smallest absolute Gasteiger partial charge is 0.264 e. The van der Waals surface area contributed by atoms with Gasteiger partial charge in [-0.3, -0.25) is 4.79 Å². The number of hydrogen-bond donors (Lipinski definition) is 3. The van der Waals surface area contributed by atoms with Crippen molar-refractivity contribution in [2.75, 3.05) is 31.6 Å². The molecule has 0 radical (unpaired) electrons. The van der Waals surface area contributed by atoms with Gasteiger partial charge in [0.15, 0.2) is 0 Å². The van der Waals surface area contributed by atoms with Crippen LogP contribution in [0, 0.1) is 23.7 Å². The van der Waals surface area contributed by atoms with E-state index in [4.69, 9.17) is 16.3 Å². The number of hydrogen-bond acceptors (Lipinski definition) is 7. The number of carbonyl (C=O) groups excluding carboxylic acids is 1. The Morgan fingerprint density at radius 2 is 1.98 bits per heavy atom. The van der Waals surface area contributed by atoms with Crippen molar-refractivity contribution in [2.24, 2.45) is 23.7 Å². The fourth-order valence-electron chi connectivity index (χ4n) is 7.01. The van der Waals surface area contributed by atoms with Gasteiger partial charge in [0.25, 0.3) is 5.91 Å². The van der Waals surface area contributed by atoms with E-state index >= 15 is 0 Å². The van der Waals surface area contributed by atoms with Crippen molar-refractivity contribution in [3.8, 4) is 5.75 Å². The van der Waals surface area contributed by atoms with Gasteiger partial charge in [0.2, 0.25) is 10.0 Å². The maximum Gasteiger partial charge on any atom is 0.264 e. The van der Waals surface area contributed by atoms with Gasteiger partial charge >= 0.3 is 0 Å². The first-order valence-corrected chi connectivity index (χ1v) is 17.5. The summed E-state index contributed by atoms with van der Waals surface area (Å²) < 4.78 is 35.4. The average Bonchev–Trinajstić information content (AvgIpc) is 2.96. The molecule has 2 aliphatic heterocycles. The molecule has 0 spiro atoms. The quantitative estimate of drug-likeness (QED) is 0.407. The molecular formula is C32H46ClN3O5S. The lowest BCUT2D eigenvalue weighted by molar-refractivity contribution is 0.00383. The van der Waals surface area contributed by atoms with Crippen molar-refractivity contribution in [3.05, 3.63) is 46.5 Å². The van der Waals surface area contributed by atoms with Gasteiger partial charge in [-0.05, 0) is 107 Å². The number of fused-ring (bicyclic) bond motifs is 3. The molecule has 8 nitrogen and oxygen atoms in total. The highest BCUT2D eigenvalue weighted by atomic mass is 35.5. The molecule has 1 aromatic carbocycles. The molecule has 2 heterocycles. The highest BCUT2D eigenvalue weighted by molar-refractivity contribution is 7.90. The van der Waals surface area contributed by atoms with E-state index < -0.39 is 27.3 Å². The van der Waals surface area contributed by atoms with E-state index in [1.807, 2.05) is 20.0 Å². The lowest BCUT2D eigenvalue weighted by Crippen LogP contribution is -2.46. The third-order valence-corrected chi connectivity index (χ3v) is 12.3. The standard InChI is InChI=1S/C32H46ClN3O5S/c1-20-14-27(34-3)17-30(37)28-11-8-24(28)18-36-13-5-4-6-22-15-26(33)10-7-25(22)19-41-31-12-9-23(16-29(31)36)32(38)35-42(39,40)21(20)2/h9-10,12,15-16,20-21,24-25,27-28,30,34,37H,4-8,11,13-14,17-19H2,1-3H3,(H,35,38)/t20-,21+,24-,25?,27-,28+,30-/m0/s1. The van der Waals surface area contributed by atoms with Crippen LogP contribution in [0.15, 0.2) is 41.0 Å². The molecule has 2 bridgehead atoms. The molecule has 1 aromatic rings. The normalized spacial score (nSPS) is 34.2. The first-order valence-electron chi connectivity index (χ1n) is 15.5. The van der Waals surface area contributed by atoms with Crippen LogP contribution in [0.2, 0.25) is 0 Å². The summed E-state index contributed by atoms with van der Waals surface area (Å²) in [6.07, 6.45) is 10.6. The van der Waals surface area contributed by atoms with Crippen molar-refractivity contribution in [1.82, 2.24) is 10.0 Å². The molecule has 1 amide bonds. The number of ether oxygens (including phenoxy) is 1. The number of amides is 1. The van der Waals surface area contributed by atoms with E-state index in [-0.39, 0.29) is 23.8 Å². The number of rotatable bonds is 1. The number of anilines is 1. The van der Waals surface area contributed by atoms with Crippen molar-refractivity contribution in [2.45, 2.75) is 82.6 Å². The number of aliphatic hydroxyl groups is 1. The van der Waals surface area contributed by atoms with Crippen molar-refractivity contribution in [1.29, 1.82) is 0 Å². The summed E-state index contributed by atoms with van der Waals surface area (Å²) in [5.74, 6) is 0.584. The fraction of sp³-hybridized carbons (Fsp3) is 0.656. The Bertz CT molecular complexity index is 1310. The van der Waals surface area contributed by atoms with E-state index in [0.717, 1.165) is 62.3 Å². The van der Waals surface area contributed by atoms with Gasteiger partial charge in [-0.1, -0.05) is 30.2 Å². The van der Waals surface area contributed by atoms with Crippen LogP contribution in [-0.2, 0) is 10.0 Å². The average molecular weight is 620 g/mol. The molecule has 0 aromatic heterocycles. The molecule has 5 rings (SSSR count). The second-order valence-corrected chi connectivity index (χ2v) is 15.3. The van der Waals surface area contributed by atoms with Crippen LogP contribution >= 0.6 is 11.6 Å². The summed E-state index contributed by atoms with van der Waals surface area (Å²) >= 11 is 6.35. The monoisotopic (exact) mass is 619 g/mol. The Morgan fingerprint density at radius 1 is 1.17 bits per heavy atom. The van der Waals surface area contributed by atoms with Gasteiger partial charge < -0.3 is 20.1 Å². The lowest BCUT2D eigenvalue weighted by Gasteiger charge is -2.44. The van der Waals surface area contributed by atoms with E-state index in [1.165, 1.54) is 5.57 Å². The zero-order chi connectivity index (χ0) is 30.0. The largest absolute Gasteiger partial charge is 0.491 e. The Kier molecular flexibility index (Phi) is 9.92. The Balaban J connectivity index is 1.51. The second-order valence-electron chi connectivity index (χ2n) is 12.8. The number of halogens is 1. The summed E-state index contributed by atoms with van der Waals surface area (Å²) in [6, 6.07) is 5.22. The molecule has 3 N–H and O–H groups in total. The van der Waals surface area contributed by atoms with E-state index in [1.54, 1.807) is 25.1 Å². The van der Waals surface area contributed by atoms with Crippen LogP contribution in [-0.4, -0.2) is 63.6 Å². The molecule has 1 fully saturated rings. The number of sulfonamides is 1. The number of aliphatic hydroxyl groups excluding tert-OH is 1. The molecule has 2 aliphatic carbocycles. The molecule has 7 atom stereocenters. The van der Waals surface area contributed by atoms with Crippen LogP contribution in [0.5, 0.6) is 5.75 Å². The van der Waals surface area contributed by atoms with E-state index in [0.29, 0.717) is 36.7 Å². The maximum atomic E-state index is 13.4. The van der Waals surface area contributed by atoms with Crippen LogP contribution in [0.1, 0.15) is 75.6 Å². The van der Waals surface area contributed by atoms with E-state index in [9.17, 15) is 18.3 Å². The van der Waals surface area contributed by atoms with Crippen LogP contribution in [0.3, 0.4) is 0 Å². The predicted molar refractivity (Wildman–Crippen MR) is 167 cm³/mol. The van der Waals surface area contributed by atoms with Crippen LogP contribution < -0.4 is 19.7 Å². The Morgan fingerprint density at radius 3 is 2.71 bits per heavy atom. The lowest BCUT2D eigenvalue weighted by atomic mass is 9.69. The van der Waals surface area contributed by atoms with Gasteiger partial charge in [-0.25, -0.2) is 13.1 Å². The Labute approximate surface area is 256 Å². The second kappa shape index (κ2) is 13.3. The summed E-state index contributed by atoms with van der Waals surface area (Å²) in [7, 11) is -2.07. The van der Waals surface area contributed by atoms with E-state index in [2.05, 4.69) is 21.0 Å². The first-order chi connectivity index (χ1) is 20.1. The summed E-state index contributed by atoms with van der Waals surface area (Å²) in [5, 5.41) is 14.6. The molecule has 10 heteroatoms. The number of carbonyl (C=O) groups is 1. The number of nitrogens with zero attached hydrogens (tertiary/aromatic N) is 1. The minimum Gasteiger partial charge on any atom is -0.491 e. The first kappa shape index (κ1) is 31.4. The van der Waals surface area contributed by atoms with Crippen molar-refractivity contribution in [3.63, 3.8) is 0 Å². The van der Waals surface area contributed by atoms with Gasteiger partial charge in [0.05, 0.1) is 23.6 Å². The number of allylic oxidation sites excluding steroid dienone is 3. The van der Waals surface area contributed by atoms with Crippen molar-refractivity contribution >= 4 is 33.2 Å². The van der Waals surface area contributed by atoms with Crippen LogP contribution in [0.25, 0.3) is 0 Å². The molecule has 232 valence electrons. The Hall–Kier alpha value is -2.07. The topological polar surface area (TPSA) is 108 Å². The molecule has 0 saturated heterocycles. The molecule has 42 heavy (non-hydrogen) atoms. The summed E-state index contributed by atoms with van der Waals surface area (Å²) in [4.78, 5) is 15.7. The molecule has 4 aliphatic rings. The molecular weight excluding hydrogens is 574 g/mol. The molecule has 1 unspecified atom stereocenters. The summed E-state index contributed by atoms with van der Waals surface area (Å²) in [6.45, 7) is 5.56. The van der Waals surface area contributed by atoms with Gasteiger partial charge in [0, 0.05) is 35.6 Å². The van der Waals surface area contributed by atoms with Crippen LogP contribution in [0.4, 0.5) is 5.69 Å². The summed E-state index contributed by atoms with van der Waals surface area (Å²) in [5.41, 5.74) is 2.41. The molecule has 1 saturated carbocycles. The number of benzene rings is 1. The van der Waals surface area contributed by atoms with Gasteiger partial charge in [-0.2, -0.15) is 0 Å². The highest BCUT2D eigenvalue weighted by Crippen LogP contribution is 2.42. The fourth-order valence-corrected chi connectivity index (χ4v) is 8.52. The SMILES string of the molecule is CN[C@H]1C[C@H](C)[C@@H](C)S(=O)(=O)NC(=O)c2ccc3c(c2)N(CCCCC2=CC(Cl)=CCC2CO3)C[C@@H]2CC[C@H]2[C@@H](O)C1. The minimum atomic E-state index is -3.93. The maximum absolute atomic E-state index is 13.4. The van der Waals surface area contributed by atoms with Gasteiger partial charge in [0.1, 0.15) is 5.75 Å². The zero-order valence-electron chi connectivity index (χ0n) is 25.0. The third kappa shape index (κ3) is 7.01. The predicted octanol–water partition coefficient (Wildman–Crippen LogP) is 4.98. The highest BCUT2D eigenvalue weighted by Gasteiger charge is 2.39. The third-order valence-electron chi connectivity index (χ3n) is 10.1.